The zero-order chi connectivity index (χ0) is 11.5. The number of thioether (sulfide) groups is 1. The summed E-state index contributed by atoms with van der Waals surface area (Å²) < 4.78 is 5.31. The third-order valence-electron chi connectivity index (χ3n) is 3.09. The SMILES string of the molecule is COc1ccc2c(c1)C(C)CSC2CCBr. The van der Waals surface area contributed by atoms with Gasteiger partial charge in [-0.3, -0.25) is 0 Å². The lowest BCUT2D eigenvalue weighted by Crippen LogP contribution is -2.12. The Hall–Kier alpha value is -0.150. The fourth-order valence-corrected chi connectivity index (χ4v) is 4.32. The van der Waals surface area contributed by atoms with Crippen LogP contribution in [0, 0.1) is 0 Å². The molecule has 0 N–H and O–H groups in total. The van der Waals surface area contributed by atoms with Crippen LogP contribution < -0.4 is 4.74 Å². The summed E-state index contributed by atoms with van der Waals surface area (Å²) in [5.74, 6) is 2.84. The van der Waals surface area contributed by atoms with E-state index in [-0.39, 0.29) is 0 Å². The van der Waals surface area contributed by atoms with Crippen LogP contribution in [-0.4, -0.2) is 18.2 Å². The summed E-state index contributed by atoms with van der Waals surface area (Å²) in [5, 5.41) is 1.72. The number of benzene rings is 1. The van der Waals surface area contributed by atoms with Gasteiger partial charge in [-0.1, -0.05) is 28.9 Å². The van der Waals surface area contributed by atoms with Gasteiger partial charge in [0.2, 0.25) is 0 Å². The average molecular weight is 301 g/mol. The van der Waals surface area contributed by atoms with Crippen LogP contribution >= 0.6 is 27.7 Å². The first-order valence-electron chi connectivity index (χ1n) is 5.61. The normalized spacial score (nSPS) is 23.9. The zero-order valence-electron chi connectivity index (χ0n) is 9.70. The second-order valence-electron chi connectivity index (χ2n) is 4.20. The summed E-state index contributed by atoms with van der Waals surface area (Å²) in [5.41, 5.74) is 2.98. The molecule has 0 amide bonds. The summed E-state index contributed by atoms with van der Waals surface area (Å²) >= 11 is 5.62. The minimum absolute atomic E-state index is 0.640. The molecule has 0 saturated carbocycles. The minimum Gasteiger partial charge on any atom is -0.497 e. The van der Waals surface area contributed by atoms with E-state index in [4.69, 9.17) is 4.74 Å². The Morgan fingerprint density at radius 3 is 2.94 bits per heavy atom. The summed E-state index contributed by atoms with van der Waals surface area (Å²) in [6, 6.07) is 6.53. The molecule has 1 aliphatic rings. The van der Waals surface area contributed by atoms with Crippen molar-refractivity contribution in [3.63, 3.8) is 0 Å². The highest BCUT2D eigenvalue weighted by Gasteiger charge is 2.25. The third kappa shape index (κ3) is 2.40. The number of ether oxygens (including phenoxy) is 1. The van der Waals surface area contributed by atoms with Gasteiger partial charge in [0.15, 0.2) is 0 Å². The molecule has 1 aliphatic heterocycles. The molecule has 0 spiro atoms. The van der Waals surface area contributed by atoms with Crippen molar-refractivity contribution in [2.24, 2.45) is 0 Å². The van der Waals surface area contributed by atoms with Crippen molar-refractivity contribution in [3.8, 4) is 5.75 Å². The maximum absolute atomic E-state index is 5.31. The van der Waals surface area contributed by atoms with Crippen LogP contribution in [0.1, 0.15) is 35.6 Å². The smallest absolute Gasteiger partial charge is 0.119 e. The van der Waals surface area contributed by atoms with E-state index < -0.39 is 0 Å². The number of rotatable bonds is 3. The molecule has 0 aromatic heterocycles. The zero-order valence-corrected chi connectivity index (χ0v) is 12.1. The average Bonchev–Trinajstić information content (AvgIpc) is 2.33. The first-order chi connectivity index (χ1) is 7.76. The molecule has 88 valence electrons. The van der Waals surface area contributed by atoms with E-state index in [1.165, 1.54) is 23.3 Å². The summed E-state index contributed by atoms with van der Waals surface area (Å²) in [4.78, 5) is 0. The van der Waals surface area contributed by atoms with Crippen LogP contribution in [0.4, 0.5) is 0 Å². The van der Waals surface area contributed by atoms with Crippen LogP contribution in [0.5, 0.6) is 5.75 Å². The number of fused-ring (bicyclic) bond motifs is 1. The standard InChI is InChI=1S/C13H17BrOS/c1-9-8-16-13(5-6-14)11-4-3-10(15-2)7-12(9)11/h3-4,7,9,13H,5-6,8H2,1-2H3. The lowest BCUT2D eigenvalue weighted by atomic mass is 9.93. The highest BCUT2D eigenvalue weighted by Crippen LogP contribution is 2.45. The minimum atomic E-state index is 0.640. The molecule has 0 saturated heterocycles. The van der Waals surface area contributed by atoms with Crippen LogP contribution in [-0.2, 0) is 0 Å². The molecule has 0 fully saturated rings. The van der Waals surface area contributed by atoms with Crippen molar-refractivity contribution >= 4 is 27.7 Å². The fourth-order valence-electron chi connectivity index (χ4n) is 2.18. The predicted octanol–water partition coefficient (Wildman–Crippen LogP) is 4.37. The monoisotopic (exact) mass is 300 g/mol. The van der Waals surface area contributed by atoms with E-state index >= 15 is 0 Å². The summed E-state index contributed by atoms with van der Waals surface area (Å²) in [7, 11) is 1.74. The molecule has 1 aromatic rings. The Morgan fingerprint density at radius 2 is 2.25 bits per heavy atom. The van der Waals surface area contributed by atoms with Gasteiger partial charge in [0.25, 0.3) is 0 Å². The Kier molecular flexibility index (Phi) is 4.20. The Balaban J connectivity index is 2.35. The van der Waals surface area contributed by atoms with Crippen molar-refractivity contribution in [2.45, 2.75) is 24.5 Å². The maximum Gasteiger partial charge on any atom is 0.119 e. The Morgan fingerprint density at radius 1 is 1.44 bits per heavy atom. The highest BCUT2D eigenvalue weighted by atomic mass is 79.9. The van der Waals surface area contributed by atoms with Gasteiger partial charge in [-0.05, 0) is 35.6 Å². The van der Waals surface area contributed by atoms with Gasteiger partial charge in [0.05, 0.1) is 7.11 Å². The third-order valence-corrected chi connectivity index (χ3v) is 5.13. The van der Waals surface area contributed by atoms with Crippen LogP contribution in [0.2, 0.25) is 0 Å². The molecule has 0 aliphatic carbocycles. The van der Waals surface area contributed by atoms with Crippen molar-refractivity contribution in [1.29, 1.82) is 0 Å². The number of alkyl halides is 1. The second-order valence-corrected chi connectivity index (χ2v) is 6.22. The van der Waals surface area contributed by atoms with Crippen LogP contribution in [0.3, 0.4) is 0 Å². The van der Waals surface area contributed by atoms with E-state index in [0.717, 1.165) is 11.1 Å². The lowest BCUT2D eigenvalue weighted by molar-refractivity contribution is 0.413. The highest BCUT2D eigenvalue weighted by molar-refractivity contribution is 9.09. The van der Waals surface area contributed by atoms with Crippen molar-refractivity contribution in [3.05, 3.63) is 29.3 Å². The van der Waals surface area contributed by atoms with Crippen LogP contribution in [0.25, 0.3) is 0 Å². The van der Waals surface area contributed by atoms with Gasteiger partial charge in [0.1, 0.15) is 5.75 Å². The second kappa shape index (κ2) is 5.46. The molecular formula is C13H17BrOS. The van der Waals surface area contributed by atoms with Gasteiger partial charge in [-0.15, -0.1) is 0 Å². The lowest BCUT2D eigenvalue weighted by Gasteiger charge is -2.29. The molecule has 2 atom stereocenters. The van der Waals surface area contributed by atoms with Crippen LogP contribution in [0.15, 0.2) is 18.2 Å². The topological polar surface area (TPSA) is 9.23 Å². The number of methoxy groups -OCH3 is 1. The quantitative estimate of drug-likeness (QED) is 0.767. The van der Waals surface area contributed by atoms with Gasteiger partial charge in [-0.2, -0.15) is 11.8 Å². The molecule has 0 radical (unpaired) electrons. The van der Waals surface area contributed by atoms with Gasteiger partial charge >= 0.3 is 0 Å². The first kappa shape index (κ1) is 12.3. The molecular weight excluding hydrogens is 284 g/mol. The number of halogens is 1. The molecule has 3 heteroatoms. The van der Waals surface area contributed by atoms with E-state index in [2.05, 4.69) is 52.8 Å². The molecule has 2 rings (SSSR count). The van der Waals surface area contributed by atoms with E-state index in [0.29, 0.717) is 11.2 Å². The molecule has 0 bridgehead atoms. The molecule has 2 unspecified atom stereocenters. The van der Waals surface area contributed by atoms with E-state index in [1.54, 1.807) is 7.11 Å². The molecule has 1 heterocycles. The number of hydrogen-bond donors (Lipinski definition) is 0. The predicted molar refractivity (Wildman–Crippen MR) is 75.0 cm³/mol. The largest absolute Gasteiger partial charge is 0.497 e. The molecule has 16 heavy (non-hydrogen) atoms. The summed E-state index contributed by atoms with van der Waals surface area (Å²) in [6.45, 7) is 2.30. The van der Waals surface area contributed by atoms with Gasteiger partial charge in [0, 0.05) is 16.3 Å². The molecule has 1 nitrogen and oxygen atoms in total. The summed E-state index contributed by atoms with van der Waals surface area (Å²) in [6.07, 6.45) is 1.21. The first-order valence-corrected chi connectivity index (χ1v) is 7.78. The Bertz CT molecular complexity index is 367. The maximum atomic E-state index is 5.31. The fraction of sp³-hybridized carbons (Fsp3) is 0.538. The van der Waals surface area contributed by atoms with E-state index in [1.807, 2.05) is 0 Å². The van der Waals surface area contributed by atoms with Gasteiger partial charge in [-0.25, -0.2) is 0 Å². The molecule has 1 aromatic carbocycles. The van der Waals surface area contributed by atoms with Crippen molar-refractivity contribution < 1.29 is 4.74 Å². The van der Waals surface area contributed by atoms with Crippen molar-refractivity contribution in [2.75, 3.05) is 18.2 Å². The van der Waals surface area contributed by atoms with Gasteiger partial charge < -0.3 is 4.74 Å². The Labute approximate surface area is 110 Å². The number of hydrogen-bond acceptors (Lipinski definition) is 2. The van der Waals surface area contributed by atoms with E-state index in [9.17, 15) is 0 Å². The van der Waals surface area contributed by atoms with Crippen molar-refractivity contribution in [1.82, 2.24) is 0 Å².